The highest BCUT2D eigenvalue weighted by Crippen LogP contribution is 2.45. The quantitative estimate of drug-likeness (QED) is 0.0412. The molecule has 5 rings (SSSR count). The first kappa shape index (κ1) is 34.4. The van der Waals surface area contributed by atoms with Gasteiger partial charge in [0.2, 0.25) is 5.90 Å². The van der Waals surface area contributed by atoms with E-state index in [1.165, 1.54) is 0 Å². The largest absolute Gasteiger partial charge is 0.494 e. The van der Waals surface area contributed by atoms with Crippen LogP contribution in [0.2, 0.25) is 0 Å². The van der Waals surface area contributed by atoms with Gasteiger partial charge in [0, 0.05) is 58.7 Å². The summed E-state index contributed by atoms with van der Waals surface area (Å²) in [6, 6.07) is 23.6. The maximum Gasteiger partial charge on any atom is 0.266 e. The number of hydrogen-bond donors (Lipinski definition) is 3. The molecule has 3 N–H and O–H groups in total. The summed E-state index contributed by atoms with van der Waals surface area (Å²) in [5, 5.41) is 16.6. The monoisotopic (exact) mass is 667 g/mol. The van der Waals surface area contributed by atoms with Gasteiger partial charge in [-0.05, 0) is 64.2 Å². The van der Waals surface area contributed by atoms with Crippen molar-refractivity contribution in [1.82, 2.24) is 10.9 Å². The van der Waals surface area contributed by atoms with Crippen LogP contribution in [0.5, 0.6) is 5.75 Å². The maximum absolute atomic E-state index is 14.5. The predicted molar refractivity (Wildman–Crippen MR) is 176 cm³/mol. The van der Waals surface area contributed by atoms with Crippen molar-refractivity contribution in [3.05, 3.63) is 151 Å². The Morgan fingerprint density at radius 2 is 1.69 bits per heavy atom. The average Bonchev–Trinajstić information content (AvgIpc) is 3.48. The molecule has 2 atom stereocenters. The third-order valence-corrected chi connectivity index (χ3v) is 7.70. The van der Waals surface area contributed by atoms with Crippen LogP contribution in [0.25, 0.3) is 20.9 Å². The Labute approximate surface area is 279 Å². The van der Waals surface area contributed by atoms with E-state index in [1.54, 1.807) is 72.8 Å². The van der Waals surface area contributed by atoms with Gasteiger partial charge in [0.05, 0.1) is 13.2 Å². The van der Waals surface area contributed by atoms with Gasteiger partial charge in [-0.2, -0.15) is 0 Å². The van der Waals surface area contributed by atoms with Gasteiger partial charge in [0.1, 0.15) is 17.4 Å². The molecule has 250 valence electrons. The number of carbonyl (C=O) groups excluding carboxylic acids is 1. The highest BCUT2D eigenvalue weighted by Gasteiger charge is 2.54. The first-order valence-corrected chi connectivity index (χ1v) is 15.2. The summed E-state index contributed by atoms with van der Waals surface area (Å²) in [5.41, 5.74) is 24.6. The number of nitrogens with zero attached hydrogens (tertiary/aromatic N) is 7. The first-order valence-electron chi connectivity index (χ1n) is 15.2. The second-order valence-electron chi connectivity index (χ2n) is 11.0. The minimum atomic E-state index is -1.76. The lowest BCUT2D eigenvalue weighted by Gasteiger charge is -2.32. The fourth-order valence-corrected chi connectivity index (χ4v) is 5.44. The van der Waals surface area contributed by atoms with E-state index in [9.17, 15) is 19.1 Å². The smallest absolute Gasteiger partial charge is 0.266 e. The fraction of sp³-hybridized carbons (Fsp3) is 0.235. The number of carbonyl (C=O) groups is 1. The van der Waals surface area contributed by atoms with Crippen LogP contribution in [0.15, 0.2) is 106 Å². The number of aliphatic hydroxyl groups excluding tert-OH is 1. The highest BCUT2D eigenvalue weighted by atomic mass is 19.1. The van der Waals surface area contributed by atoms with Crippen LogP contribution < -0.4 is 15.6 Å². The minimum absolute atomic E-state index is 0.00289. The molecule has 0 fully saturated rings. The Bertz CT molecular complexity index is 1910. The zero-order chi connectivity index (χ0) is 34.6. The van der Waals surface area contributed by atoms with Crippen molar-refractivity contribution in [3.8, 4) is 5.75 Å². The van der Waals surface area contributed by atoms with E-state index in [0.717, 1.165) is 18.2 Å². The van der Waals surface area contributed by atoms with Crippen LogP contribution in [-0.2, 0) is 29.0 Å². The van der Waals surface area contributed by atoms with Crippen LogP contribution in [0, 0.1) is 11.6 Å². The summed E-state index contributed by atoms with van der Waals surface area (Å²) in [6.07, 6.45) is -0.747. The number of aliphatic hydroxyl groups is 1. The molecule has 0 bridgehead atoms. The van der Waals surface area contributed by atoms with Gasteiger partial charge in [-0.1, -0.05) is 58.8 Å². The summed E-state index contributed by atoms with van der Waals surface area (Å²) in [5.74, 6) is -1.54. The van der Waals surface area contributed by atoms with Gasteiger partial charge in [0.15, 0.2) is 11.6 Å². The van der Waals surface area contributed by atoms with Crippen molar-refractivity contribution in [2.24, 2.45) is 15.2 Å². The molecule has 0 saturated carbocycles. The van der Waals surface area contributed by atoms with Gasteiger partial charge < -0.3 is 14.6 Å². The lowest BCUT2D eigenvalue weighted by atomic mass is 9.80. The molecular weight excluding hydrogens is 636 g/mol. The summed E-state index contributed by atoms with van der Waals surface area (Å²) >= 11 is 0. The molecule has 1 aliphatic heterocycles. The zero-order valence-electron chi connectivity index (χ0n) is 26.0. The molecule has 0 radical (unpaired) electrons. The lowest BCUT2D eigenvalue weighted by molar-refractivity contribution is -0.130. The Balaban J connectivity index is 1.61. The SMILES string of the molecule is [N-]=[N+]=NCc1ccccc1C[C@]1(C(=O)NNCc2cc(F)cc(F)c2)N=C(c2ccc(OCCCO)cc2)O[C@H]1c1ccccc1N=[N+]=[N-]. The molecular formula is C34H31F2N9O4. The molecule has 4 aromatic carbocycles. The molecule has 1 amide bonds. The molecule has 0 unspecified atom stereocenters. The molecule has 0 saturated heterocycles. The average molecular weight is 668 g/mol. The number of aliphatic imine (C=N–C) groups is 1. The summed E-state index contributed by atoms with van der Waals surface area (Å²) < 4.78 is 39.9. The molecule has 0 spiro atoms. The van der Waals surface area contributed by atoms with Crippen LogP contribution in [0.1, 0.15) is 40.3 Å². The van der Waals surface area contributed by atoms with Crippen LogP contribution in [-0.4, -0.2) is 35.7 Å². The van der Waals surface area contributed by atoms with Gasteiger partial charge in [-0.3, -0.25) is 10.2 Å². The molecule has 0 aromatic heterocycles. The van der Waals surface area contributed by atoms with Gasteiger partial charge >= 0.3 is 0 Å². The third-order valence-electron chi connectivity index (χ3n) is 7.70. The van der Waals surface area contributed by atoms with Crippen molar-refractivity contribution in [3.63, 3.8) is 0 Å². The normalized spacial score (nSPS) is 16.5. The highest BCUT2D eigenvalue weighted by molar-refractivity contribution is 6.01. The van der Waals surface area contributed by atoms with E-state index >= 15 is 0 Å². The first-order chi connectivity index (χ1) is 23.9. The van der Waals surface area contributed by atoms with Crippen LogP contribution in [0.3, 0.4) is 0 Å². The van der Waals surface area contributed by atoms with Gasteiger partial charge in [-0.15, -0.1) is 0 Å². The molecule has 0 aliphatic carbocycles. The minimum Gasteiger partial charge on any atom is -0.494 e. The van der Waals surface area contributed by atoms with E-state index < -0.39 is 29.2 Å². The van der Waals surface area contributed by atoms with Crippen molar-refractivity contribution >= 4 is 17.5 Å². The number of hydrogen-bond acceptors (Lipinski definition) is 8. The molecule has 13 nitrogen and oxygen atoms in total. The van der Waals surface area contributed by atoms with Crippen molar-refractivity contribution in [2.75, 3.05) is 13.2 Å². The standard InChI is InChI=1S/C34H31F2N9O4/c35-26-16-22(17-27(36)18-26)20-39-43-33(47)34(19-24-6-1-2-7-25(24)21-40-44-37)31(29-8-3-4-9-30(29)42-45-38)49-32(41-34)23-10-12-28(13-11-23)48-15-5-14-46/h1-4,6-13,16-18,31,39,46H,5,14-15,19-21H2,(H,43,47)/t31-,34-/m0/s1. The number of azide groups is 2. The number of halogens is 2. The summed E-state index contributed by atoms with van der Waals surface area (Å²) in [7, 11) is 0. The van der Waals surface area contributed by atoms with E-state index in [1.807, 2.05) is 0 Å². The van der Waals surface area contributed by atoms with Crippen molar-refractivity contribution in [2.45, 2.75) is 37.6 Å². The number of amides is 1. The Morgan fingerprint density at radius 3 is 2.41 bits per heavy atom. The zero-order valence-corrected chi connectivity index (χ0v) is 26.0. The Kier molecular flexibility index (Phi) is 11.4. The Hall–Kier alpha value is -5.98. The number of nitrogens with one attached hydrogen (secondary N) is 2. The Morgan fingerprint density at radius 1 is 0.980 bits per heavy atom. The second kappa shape index (κ2) is 16.2. The predicted octanol–water partition coefficient (Wildman–Crippen LogP) is 6.80. The summed E-state index contributed by atoms with van der Waals surface area (Å²) in [6.45, 7) is 0.187. The number of rotatable bonds is 15. The molecule has 49 heavy (non-hydrogen) atoms. The van der Waals surface area contributed by atoms with Gasteiger partial charge in [0.25, 0.3) is 5.91 Å². The summed E-state index contributed by atoms with van der Waals surface area (Å²) in [4.78, 5) is 25.3. The van der Waals surface area contributed by atoms with E-state index in [-0.39, 0.29) is 43.3 Å². The number of hydrazine groups is 1. The van der Waals surface area contributed by atoms with E-state index in [0.29, 0.717) is 41.0 Å². The van der Waals surface area contributed by atoms with E-state index in [2.05, 4.69) is 30.9 Å². The van der Waals surface area contributed by atoms with Crippen molar-refractivity contribution < 1.29 is 28.2 Å². The molecule has 1 aliphatic rings. The van der Waals surface area contributed by atoms with E-state index in [4.69, 9.17) is 25.1 Å². The number of ether oxygens (including phenoxy) is 2. The molecule has 1 heterocycles. The molecule has 4 aromatic rings. The third kappa shape index (κ3) is 8.30. The van der Waals surface area contributed by atoms with Gasteiger partial charge in [-0.25, -0.2) is 19.2 Å². The molecule has 15 heteroatoms. The second-order valence-corrected chi connectivity index (χ2v) is 11.0. The maximum atomic E-state index is 14.5. The lowest BCUT2D eigenvalue weighted by Crippen LogP contribution is -2.53. The van der Waals surface area contributed by atoms with Crippen LogP contribution >= 0.6 is 0 Å². The van der Waals surface area contributed by atoms with Crippen LogP contribution in [0.4, 0.5) is 14.5 Å². The topological polar surface area (TPSA) is 190 Å². The number of benzene rings is 4. The fourth-order valence-electron chi connectivity index (χ4n) is 5.44. The van der Waals surface area contributed by atoms with Crippen molar-refractivity contribution in [1.29, 1.82) is 0 Å².